The number of rotatable bonds is 8. The van der Waals surface area contributed by atoms with Gasteiger partial charge in [0.25, 0.3) is 5.91 Å². The molecule has 6 nitrogen and oxygen atoms in total. The van der Waals surface area contributed by atoms with Crippen LogP contribution in [0.15, 0.2) is 48.5 Å². The lowest BCUT2D eigenvalue weighted by Crippen LogP contribution is -2.31. The monoisotopic (exact) mass is 383 g/mol. The zero-order chi connectivity index (χ0) is 20.5. The summed E-state index contributed by atoms with van der Waals surface area (Å²) in [6.07, 6.45) is 2.94. The van der Waals surface area contributed by atoms with Crippen LogP contribution in [0.5, 0.6) is 11.5 Å². The number of carbonyl (C=O) groups excluding carboxylic acids is 2. The summed E-state index contributed by atoms with van der Waals surface area (Å²) < 4.78 is 15.5. The minimum absolute atomic E-state index is 0.348. The third-order valence-electron chi connectivity index (χ3n) is 4.12. The molecule has 1 atom stereocenters. The van der Waals surface area contributed by atoms with Gasteiger partial charge in [-0.25, -0.2) is 4.79 Å². The van der Waals surface area contributed by atoms with Crippen LogP contribution in [0.3, 0.4) is 0 Å². The van der Waals surface area contributed by atoms with Crippen LogP contribution in [0.4, 0.5) is 0 Å². The second-order valence-corrected chi connectivity index (χ2v) is 6.25. The highest BCUT2D eigenvalue weighted by Gasteiger charge is 2.16. The standard InChI is InChI=1S/C22H25NO5/c1-15-5-7-17(8-6-15)9-12-22(25)28-14-21(24)23-16(2)19-13-18(26-3)10-11-20(19)27-4/h5-13,16H,14H2,1-4H3,(H,23,24)/b12-9+/t16-/m0/s1. The predicted octanol–water partition coefficient (Wildman–Crippen LogP) is 3.45. The van der Waals surface area contributed by atoms with Gasteiger partial charge < -0.3 is 19.5 Å². The summed E-state index contributed by atoms with van der Waals surface area (Å²) in [6.45, 7) is 3.44. The SMILES string of the molecule is COc1ccc(OC)c([C@H](C)NC(=O)COC(=O)/C=C/c2ccc(C)cc2)c1. The Morgan fingerprint density at radius 3 is 2.43 bits per heavy atom. The Kier molecular flexibility index (Phi) is 7.63. The van der Waals surface area contributed by atoms with Gasteiger partial charge in [-0.3, -0.25) is 4.79 Å². The number of amides is 1. The summed E-state index contributed by atoms with van der Waals surface area (Å²) in [5.41, 5.74) is 2.78. The number of ether oxygens (including phenoxy) is 3. The molecule has 2 aromatic rings. The van der Waals surface area contributed by atoms with E-state index in [0.717, 1.165) is 16.7 Å². The molecule has 0 radical (unpaired) electrons. The van der Waals surface area contributed by atoms with Crippen LogP contribution in [-0.2, 0) is 14.3 Å². The van der Waals surface area contributed by atoms with Crippen molar-refractivity contribution in [1.82, 2.24) is 5.32 Å². The lowest BCUT2D eigenvalue weighted by molar-refractivity contribution is -0.144. The average Bonchev–Trinajstić information content (AvgIpc) is 2.71. The van der Waals surface area contributed by atoms with Crippen molar-refractivity contribution >= 4 is 18.0 Å². The van der Waals surface area contributed by atoms with Crippen molar-refractivity contribution in [3.05, 3.63) is 65.2 Å². The van der Waals surface area contributed by atoms with Gasteiger partial charge in [0.1, 0.15) is 11.5 Å². The van der Waals surface area contributed by atoms with Crippen molar-refractivity contribution in [3.63, 3.8) is 0 Å². The topological polar surface area (TPSA) is 73.9 Å². The van der Waals surface area contributed by atoms with Gasteiger partial charge >= 0.3 is 5.97 Å². The third kappa shape index (κ3) is 6.16. The summed E-state index contributed by atoms with van der Waals surface area (Å²) in [6, 6.07) is 12.7. The molecule has 1 N–H and O–H groups in total. The highest BCUT2D eigenvalue weighted by molar-refractivity contribution is 5.89. The molecular weight excluding hydrogens is 358 g/mol. The molecule has 0 aliphatic carbocycles. The zero-order valence-electron chi connectivity index (χ0n) is 16.5. The normalized spacial score (nSPS) is 11.7. The van der Waals surface area contributed by atoms with E-state index < -0.39 is 11.9 Å². The van der Waals surface area contributed by atoms with Crippen molar-refractivity contribution in [1.29, 1.82) is 0 Å². The van der Waals surface area contributed by atoms with E-state index >= 15 is 0 Å². The van der Waals surface area contributed by atoms with Crippen molar-refractivity contribution in [2.24, 2.45) is 0 Å². The molecule has 0 aliphatic heterocycles. The van der Waals surface area contributed by atoms with E-state index in [4.69, 9.17) is 14.2 Å². The van der Waals surface area contributed by atoms with Crippen LogP contribution in [0, 0.1) is 6.92 Å². The van der Waals surface area contributed by atoms with Gasteiger partial charge in [0, 0.05) is 11.6 Å². The van der Waals surface area contributed by atoms with E-state index in [0.29, 0.717) is 11.5 Å². The fourth-order valence-corrected chi connectivity index (χ4v) is 2.57. The lowest BCUT2D eigenvalue weighted by Gasteiger charge is -2.18. The highest BCUT2D eigenvalue weighted by atomic mass is 16.5. The first-order valence-corrected chi connectivity index (χ1v) is 8.85. The van der Waals surface area contributed by atoms with Crippen molar-refractivity contribution in [3.8, 4) is 11.5 Å². The molecule has 6 heteroatoms. The molecular formula is C22H25NO5. The molecule has 28 heavy (non-hydrogen) atoms. The molecule has 0 bridgehead atoms. The number of esters is 1. The fourth-order valence-electron chi connectivity index (χ4n) is 2.57. The first-order valence-electron chi connectivity index (χ1n) is 8.85. The Morgan fingerprint density at radius 2 is 1.79 bits per heavy atom. The molecule has 0 spiro atoms. The summed E-state index contributed by atoms with van der Waals surface area (Å²) >= 11 is 0. The quantitative estimate of drug-likeness (QED) is 0.558. The van der Waals surface area contributed by atoms with Crippen LogP contribution < -0.4 is 14.8 Å². The molecule has 0 aromatic heterocycles. The van der Waals surface area contributed by atoms with E-state index in [2.05, 4.69) is 5.32 Å². The molecule has 2 rings (SSSR count). The number of nitrogens with one attached hydrogen (secondary N) is 1. The summed E-state index contributed by atoms with van der Waals surface area (Å²) in [5.74, 6) is 0.299. The van der Waals surface area contributed by atoms with Gasteiger partial charge in [-0.15, -0.1) is 0 Å². The molecule has 1 amide bonds. The Bertz CT molecular complexity index is 843. The molecule has 0 fully saturated rings. The van der Waals surface area contributed by atoms with Crippen molar-refractivity contribution < 1.29 is 23.8 Å². The number of aryl methyl sites for hydroxylation is 1. The molecule has 0 saturated carbocycles. The van der Waals surface area contributed by atoms with E-state index in [1.165, 1.54) is 6.08 Å². The Labute approximate surface area is 165 Å². The van der Waals surface area contributed by atoms with Crippen LogP contribution in [0.1, 0.15) is 29.7 Å². The van der Waals surface area contributed by atoms with Gasteiger partial charge in [0.2, 0.25) is 0 Å². The first-order chi connectivity index (χ1) is 13.4. The maximum atomic E-state index is 12.1. The number of benzene rings is 2. The number of carbonyl (C=O) groups is 2. The minimum atomic E-state index is -0.581. The van der Waals surface area contributed by atoms with Crippen LogP contribution in [-0.4, -0.2) is 32.7 Å². The van der Waals surface area contributed by atoms with Gasteiger partial charge in [0.15, 0.2) is 6.61 Å². The predicted molar refractivity (Wildman–Crippen MR) is 107 cm³/mol. The minimum Gasteiger partial charge on any atom is -0.497 e. The van der Waals surface area contributed by atoms with Crippen LogP contribution >= 0.6 is 0 Å². The average molecular weight is 383 g/mol. The summed E-state index contributed by atoms with van der Waals surface area (Å²) in [4.78, 5) is 23.9. The Balaban J connectivity index is 1.88. The second kappa shape index (κ2) is 10.2. The van der Waals surface area contributed by atoms with E-state index in [-0.39, 0.29) is 12.6 Å². The zero-order valence-corrected chi connectivity index (χ0v) is 16.5. The smallest absolute Gasteiger partial charge is 0.331 e. The van der Waals surface area contributed by atoms with E-state index in [1.807, 2.05) is 38.1 Å². The third-order valence-corrected chi connectivity index (χ3v) is 4.12. The Morgan fingerprint density at radius 1 is 1.07 bits per heavy atom. The maximum Gasteiger partial charge on any atom is 0.331 e. The van der Waals surface area contributed by atoms with E-state index in [9.17, 15) is 9.59 Å². The highest BCUT2D eigenvalue weighted by Crippen LogP contribution is 2.29. The number of hydrogen-bond acceptors (Lipinski definition) is 5. The van der Waals surface area contributed by atoms with E-state index in [1.54, 1.807) is 38.5 Å². The molecule has 0 heterocycles. The van der Waals surface area contributed by atoms with Gasteiger partial charge in [-0.2, -0.15) is 0 Å². The summed E-state index contributed by atoms with van der Waals surface area (Å²) in [5, 5.41) is 2.78. The number of methoxy groups -OCH3 is 2. The van der Waals surface area contributed by atoms with Crippen molar-refractivity contribution in [2.45, 2.75) is 19.9 Å². The Hall–Kier alpha value is -3.28. The molecule has 0 aliphatic rings. The fraction of sp³-hybridized carbons (Fsp3) is 0.273. The molecule has 148 valence electrons. The van der Waals surface area contributed by atoms with Gasteiger partial charge in [-0.1, -0.05) is 29.8 Å². The van der Waals surface area contributed by atoms with Crippen molar-refractivity contribution in [2.75, 3.05) is 20.8 Å². The molecule has 2 aromatic carbocycles. The largest absolute Gasteiger partial charge is 0.497 e. The lowest BCUT2D eigenvalue weighted by atomic mass is 10.1. The van der Waals surface area contributed by atoms with Gasteiger partial charge in [0.05, 0.1) is 20.3 Å². The maximum absolute atomic E-state index is 12.1. The van der Waals surface area contributed by atoms with Gasteiger partial charge in [-0.05, 0) is 43.7 Å². The molecule has 0 saturated heterocycles. The van der Waals surface area contributed by atoms with Crippen LogP contribution in [0.2, 0.25) is 0 Å². The molecule has 0 unspecified atom stereocenters. The first kappa shape index (κ1) is 21.0. The number of hydrogen-bond donors (Lipinski definition) is 1. The second-order valence-electron chi connectivity index (χ2n) is 6.25. The van der Waals surface area contributed by atoms with Crippen LogP contribution in [0.25, 0.3) is 6.08 Å². The summed E-state index contributed by atoms with van der Waals surface area (Å²) in [7, 11) is 3.13.